The van der Waals surface area contributed by atoms with E-state index in [0.29, 0.717) is 12.8 Å². The number of carbonyl (C=O) groups is 1. The molecule has 0 aromatic carbocycles. The fourth-order valence-corrected chi connectivity index (χ4v) is 1.03. The summed E-state index contributed by atoms with van der Waals surface area (Å²) < 4.78 is 29.2. The lowest BCUT2D eigenvalue weighted by atomic mass is 10.1. The first-order valence-corrected chi connectivity index (χ1v) is 4.25. The maximum atomic E-state index is 12.3. The van der Waals surface area contributed by atoms with Crippen molar-refractivity contribution in [2.24, 2.45) is 5.41 Å². The predicted octanol–water partition coefficient (Wildman–Crippen LogP) is 2.15. The quantitative estimate of drug-likeness (QED) is 0.501. The van der Waals surface area contributed by atoms with Crippen molar-refractivity contribution in [3.05, 3.63) is 12.2 Å². The molecular formula is C9H12F2O2. The van der Waals surface area contributed by atoms with Gasteiger partial charge in [-0.2, -0.15) is 0 Å². The fraction of sp³-hybridized carbons (Fsp3) is 0.667. The van der Waals surface area contributed by atoms with Gasteiger partial charge in [0.1, 0.15) is 0 Å². The molecule has 0 atom stereocenters. The van der Waals surface area contributed by atoms with E-state index in [0.717, 1.165) is 6.08 Å². The van der Waals surface area contributed by atoms with Gasteiger partial charge in [0.05, 0.1) is 6.61 Å². The van der Waals surface area contributed by atoms with Crippen LogP contribution in [0.1, 0.15) is 19.8 Å². The van der Waals surface area contributed by atoms with Crippen LogP contribution < -0.4 is 0 Å². The summed E-state index contributed by atoms with van der Waals surface area (Å²) in [5, 5.41) is 0. The van der Waals surface area contributed by atoms with Crippen LogP contribution in [0.15, 0.2) is 12.2 Å². The maximum Gasteiger partial charge on any atom is 0.330 e. The molecule has 13 heavy (non-hydrogen) atoms. The summed E-state index contributed by atoms with van der Waals surface area (Å²) >= 11 is 0. The minimum absolute atomic E-state index is 0.269. The molecule has 0 heterocycles. The van der Waals surface area contributed by atoms with Gasteiger partial charge in [0, 0.05) is 11.5 Å². The Morgan fingerprint density at radius 3 is 2.62 bits per heavy atom. The summed E-state index contributed by atoms with van der Waals surface area (Å²) in [6.45, 7) is 1.94. The van der Waals surface area contributed by atoms with Crippen molar-refractivity contribution in [3.63, 3.8) is 0 Å². The zero-order valence-corrected chi connectivity index (χ0v) is 7.43. The van der Waals surface area contributed by atoms with E-state index in [9.17, 15) is 13.6 Å². The second kappa shape index (κ2) is 3.85. The second-order valence-electron chi connectivity index (χ2n) is 3.12. The molecule has 74 valence electrons. The molecule has 0 spiro atoms. The van der Waals surface area contributed by atoms with Crippen LogP contribution in [0.5, 0.6) is 0 Å². The molecule has 0 N–H and O–H groups in total. The molecule has 1 aliphatic carbocycles. The first-order valence-electron chi connectivity index (χ1n) is 4.25. The van der Waals surface area contributed by atoms with E-state index in [-0.39, 0.29) is 6.61 Å². The average Bonchev–Trinajstić information content (AvgIpc) is 2.82. The van der Waals surface area contributed by atoms with Gasteiger partial charge in [-0.05, 0) is 19.8 Å². The van der Waals surface area contributed by atoms with Gasteiger partial charge < -0.3 is 4.74 Å². The molecular weight excluding hydrogens is 178 g/mol. The first kappa shape index (κ1) is 10.2. The van der Waals surface area contributed by atoms with E-state index in [1.807, 2.05) is 0 Å². The predicted molar refractivity (Wildman–Crippen MR) is 43.4 cm³/mol. The topological polar surface area (TPSA) is 26.3 Å². The number of hydrogen-bond acceptors (Lipinski definition) is 2. The standard InChI is InChI=1S/C9H12F2O2/c1-2-13-7(12)3-4-9(5-6-9)8(10)11/h3-4,8H,2,5-6H2,1H3/b4-3+. The molecule has 0 aromatic heterocycles. The van der Waals surface area contributed by atoms with Crippen LogP contribution in [-0.2, 0) is 9.53 Å². The highest BCUT2D eigenvalue weighted by molar-refractivity contribution is 5.82. The van der Waals surface area contributed by atoms with Crippen LogP contribution >= 0.6 is 0 Å². The molecule has 0 amide bonds. The molecule has 4 heteroatoms. The molecule has 0 unspecified atom stereocenters. The summed E-state index contributed by atoms with van der Waals surface area (Å²) in [5.41, 5.74) is -1.03. The molecule has 0 aliphatic heterocycles. The Morgan fingerprint density at radius 2 is 2.23 bits per heavy atom. The first-order chi connectivity index (χ1) is 6.10. The number of hydrogen-bond donors (Lipinski definition) is 0. The van der Waals surface area contributed by atoms with Crippen molar-refractivity contribution in [2.45, 2.75) is 26.2 Å². The third-order valence-electron chi connectivity index (χ3n) is 2.10. The minimum atomic E-state index is -2.38. The smallest absolute Gasteiger partial charge is 0.330 e. The van der Waals surface area contributed by atoms with Crippen LogP contribution in [-0.4, -0.2) is 19.0 Å². The van der Waals surface area contributed by atoms with Crippen LogP contribution in [0.3, 0.4) is 0 Å². The van der Waals surface area contributed by atoms with Crippen molar-refractivity contribution in [1.29, 1.82) is 0 Å². The molecule has 0 aromatic rings. The Hall–Kier alpha value is -0.930. The van der Waals surface area contributed by atoms with E-state index in [1.165, 1.54) is 6.08 Å². The van der Waals surface area contributed by atoms with Gasteiger partial charge in [0.25, 0.3) is 0 Å². The minimum Gasteiger partial charge on any atom is -0.463 e. The summed E-state index contributed by atoms with van der Waals surface area (Å²) in [5.74, 6) is -0.547. The Bertz CT molecular complexity index is 220. The van der Waals surface area contributed by atoms with Gasteiger partial charge in [-0.1, -0.05) is 6.08 Å². The number of carbonyl (C=O) groups excluding carboxylic acids is 1. The van der Waals surface area contributed by atoms with Crippen molar-refractivity contribution < 1.29 is 18.3 Å². The lowest BCUT2D eigenvalue weighted by molar-refractivity contribution is -0.137. The number of allylic oxidation sites excluding steroid dienone is 1. The van der Waals surface area contributed by atoms with E-state index < -0.39 is 17.8 Å². The zero-order valence-electron chi connectivity index (χ0n) is 7.43. The van der Waals surface area contributed by atoms with E-state index >= 15 is 0 Å². The van der Waals surface area contributed by atoms with Gasteiger partial charge in [0.2, 0.25) is 6.43 Å². The normalized spacial score (nSPS) is 19.4. The van der Waals surface area contributed by atoms with Crippen LogP contribution in [0.4, 0.5) is 8.78 Å². The van der Waals surface area contributed by atoms with Crippen LogP contribution in [0, 0.1) is 5.41 Å². The third-order valence-corrected chi connectivity index (χ3v) is 2.10. The fourth-order valence-electron chi connectivity index (χ4n) is 1.03. The van der Waals surface area contributed by atoms with Gasteiger partial charge in [0.15, 0.2) is 0 Å². The number of ether oxygens (including phenoxy) is 1. The van der Waals surface area contributed by atoms with Gasteiger partial charge in [-0.3, -0.25) is 0 Å². The highest BCUT2D eigenvalue weighted by atomic mass is 19.3. The number of halogens is 2. The lowest BCUT2D eigenvalue weighted by Crippen LogP contribution is -2.10. The van der Waals surface area contributed by atoms with E-state index in [2.05, 4.69) is 4.74 Å². The Kier molecular flexibility index (Phi) is 3.01. The average molecular weight is 190 g/mol. The molecule has 2 nitrogen and oxygen atoms in total. The van der Waals surface area contributed by atoms with Gasteiger partial charge in [-0.25, -0.2) is 13.6 Å². The van der Waals surface area contributed by atoms with Crippen molar-refractivity contribution in [1.82, 2.24) is 0 Å². The van der Waals surface area contributed by atoms with Crippen molar-refractivity contribution in [2.75, 3.05) is 6.61 Å². The van der Waals surface area contributed by atoms with Crippen LogP contribution in [0.2, 0.25) is 0 Å². The van der Waals surface area contributed by atoms with Crippen molar-refractivity contribution >= 4 is 5.97 Å². The summed E-state index contributed by atoms with van der Waals surface area (Å²) in [4.78, 5) is 10.8. The molecule has 0 saturated heterocycles. The summed E-state index contributed by atoms with van der Waals surface area (Å²) in [6, 6.07) is 0. The van der Waals surface area contributed by atoms with E-state index in [1.54, 1.807) is 6.92 Å². The highest BCUT2D eigenvalue weighted by Crippen LogP contribution is 2.51. The Balaban J connectivity index is 2.43. The van der Waals surface area contributed by atoms with E-state index in [4.69, 9.17) is 0 Å². The molecule has 1 fully saturated rings. The Morgan fingerprint density at radius 1 is 1.62 bits per heavy atom. The third kappa shape index (κ3) is 2.50. The SMILES string of the molecule is CCOC(=O)/C=C/C1(C(F)F)CC1. The monoisotopic (exact) mass is 190 g/mol. The molecule has 1 rings (SSSR count). The molecule has 1 aliphatic rings. The number of alkyl halides is 2. The lowest BCUT2D eigenvalue weighted by Gasteiger charge is -2.06. The molecule has 1 saturated carbocycles. The maximum absolute atomic E-state index is 12.3. The van der Waals surface area contributed by atoms with Gasteiger partial charge in [-0.15, -0.1) is 0 Å². The summed E-state index contributed by atoms with van der Waals surface area (Å²) in [7, 11) is 0. The number of esters is 1. The van der Waals surface area contributed by atoms with Crippen LogP contribution in [0.25, 0.3) is 0 Å². The summed E-state index contributed by atoms with van der Waals surface area (Å²) in [6.07, 6.45) is 0.914. The van der Waals surface area contributed by atoms with Crippen molar-refractivity contribution in [3.8, 4) is 0 Å². The zero-order chi connectivity index (χ0) is 9.90. The largest absolute Gasteiger partial charge is 0.463 e. The highest BCUT2D eigenvalue weighted by Gasteiger charge is 2.48. The second-order valence-corrected chi connectivity index (χ2v) is 3.12. The molecule has 0 bridgehead atoms. The van der Waals surface area contributed by atoms with Gasteiger partial charge >= 0.3 is 5.97 Å². The number of rotatable bonds is 4. The molecule has 0 radical (unpaired) electrons. The Labute approximate surface area is 75.6 Å².